The third kappa shape index (κ3) is 5.73. The van der Waals surface area contributed by atoms with E-state index in [1.165, 1.54) is 40.2 Å². The molecule has 4 aromatic rings. The van der Waals surface area contributed by atoms with E-state index in [0.29, 0.717) is 12.1 Å². The fraction of sp³-hybridized carbons (Fsp3) is 0.457. The van der Waals surface area contributed by atoms with Gasteiger partial charge in [-0.15, -0.1) is 0 Å². The van der Waals surface area contributed by atoms with Crippen molar-refractivity contribution in [3.8, 4) is 5.75 Å². The highest BCUT2D eigenvalue weighted by Crippen LogP contribution is 2.33. The van der Waals surface area contributed by atoms with Gasteiger partial charge in [-0.1, -0.05) is 43.2 Å². The minimum Gasteiger partial charge on any atom is -0.490 e. The van der Waals surface area contributed by atoms with Crippen molar-refractivity contribution < 1.29 is 9.53 Å². The quantitative estimate of drug-likeness (QED) is 0.259. The number of carbonyl (C=O) groups is 1. The summed E-state index contributed by atoms with van der Waals surface area (Å²) in [6.07, 6.45) is 6.88. The van der Waals surface area contributed by atoms with Crippen molar-refractivity contribution in [3.63, 3.8) is 0 Å². The van der Waals surface area contributed by atoms with E-state index in [9.17, 15) is 4.79 Å². The summed E-state index contributed by atoms with van der Waals surface area (Å²) in [5.74, 6) is 0.773. The smallest absolute Gasteiger partial charge is 0.251 e. The molecule has 0 unspecified atom stereocenters. The van der Waals surface area contributed by atoms with Crippen molar-refractivity contribution in [1.82, 2.24) is 19.7 Å². The number of amides is 1. The first-order valence-electron chi connectivity index (χ1n) is 15.4. The van der Waals surface area contributed by atoms with Gasteiger partial charge in [-0.25, -0.2) is 0 Å². The predicted octanol–water partition coefficient (Wildman–Crippen LogP) is 6.46. The summed E-state index contributed by atoms with van der Waals surface area (Å²) < 4.78 is 8.79. The van der Waals surface area contributed by atoms with E-state index in [2.05, 4.69) is 83.2 Å². The lowest BCUT2D eigenvalue weighted by atomic mass is 9.96. The van der Waals surface area contributed by atoms with Gasteiger partial charge >= 0.3 is 0 Å². The lowest BCUT2D eigenvalue weighted by Crippen LogP contribution is -2.50. The zero-order valence-corrected chi connectivity index (χ0v) is 24.9. The monoisotopic (exact) mass is 552 g/mol. The van der Waals surface area contributed by atoms with E-state index in [1.54, 1.807) is 0 Å². The van der Waals surface area contributed by atoms with Crippen LogP contribution < -0.4 is 10.1 Å². The van der Waals surface area contributed by atoms with Crippen LogP contribution in [0.2, 0.25) is 0 Å². The number of benzene rings is 3. The SMILES string of the molecule is CCn1c2ccccc2c2cc(CN3CCC(Oc4cccc(C(=O)NCC5(N(C)C)CCCC5)c4)CC3)ccc21. The first-order chi connectivity index (χ1) is 20.0. The fourth-order valence-corrected chi connectivity index (χ4v) is 7.05. The highest BCUT2D eigenvalue weighted by atomic mass is 16.5. The van der Waals surface area contributed by atoms with Crippen LogP contribution in [-0.2, 0) is 13.1 Å². The summed E-state index contributed by atoms with van der Waals surface area (Å²) in [5.41, 5.74) is 4.75. The zero-order valence-electron chi connectivity index (χ0n) is 24.9. The van der Waals surface area contributed by atoms with Crippen molar-refractivity contribution in [2.45, 2.75) is 70.2 Å². The van der Waals surface area contributed by atoms with Crippen molar-refractivity contribution >= 4 is 27.7 Å². The molecule has 2 aliphatic rings. The normalized spacial score (nSPS) is 18.0. The summed E-state index contributed by atoms with van der Waals surface area (Å²) in [5, 5.41) is 5.89. The average molecular weight is 553 g/mol. The van der Waals surface area contributed by atoms with Gasteiger partial charge in [0.15, 0.2) is 0 Å². The second-order valence-corrected chi connectivity index (χ2v) is 12.2. The number of rotatable bonds is 9. The third-order valence-corrected chi connectivity index (χ3v) is 9.55. The van der Waals surface area contributed by atoms with Crippen LogP contribution in [0.5, 0.6) is 5.75 Å². The number of likely N-dealkylation sites (tertiary alicyclic amines) is 1. The van der Waals surface area contributed by atoms with Crippen molar-refractivity contribution in [2.24, 2.45) is 0 Å². The van der Waals surface area contributed by atoms with E-state index in [0.717, 1.165) is 57.6 Å². The van der Waals surface area contributed by atoms with Crippen molar-refractivity contribution in [3.05, 3.63) is 77.9 Å². The maximum absolute atomic E-state index is 13.0. The number of nitrogens with zero attached hydrogens (tertiary/aromatic N) is 3. The number of carbonyl (C=O) groups excluding carboxylic acids is 1. The molecule has 1 saturated heterocycles. The molecule has 0 spiro atoms. The molecule has 41 heavy (non-hydrogen) atoms. The average Bonchev–Trinajstić information content (AvgIpc) is 3.61. The summed E-state index contributed by atoms with van der Waals surface area (Å²) >= 11 is 0. The van der Waals surface area contributed by atoms with Gasteiger partial charge in [-0.05, 0) is 88.7 Å². The Hall–Kier alpha value is -3.35. The topological polar surface area (TPSA) is 49.7 Å². The number of aryl methyl sites for hydroxylation is 1. The minimum atomic E-state index is -0.0163. The molecule has 0 bridgehead atoms. The van der Waals surface area contributed by atoms with Gasteiger partial charge in [-0.2, -0.15) is 0 Å². The van der Waals surface area contributed by atoms with Crippen LogP contribution in [-0.4, -0.2) is 65.6 Å². The van der Waals surface area contributed by atoms with Crippen LogP contribution in [0.15, 0.2) is 66.7 Å². The Morgan fingerprint density at radius 3 is 2.46 bits per heavy atom. The van der Waals surface area contributed by atoms with Crippen molar-refractivity contribution in [2.75, 3.05) is 33.7 Å². The molecule has 1 aromatic heterocycles. The fourth-order valence-electron chi connectivity index (χ4n) is 7.05. The Bertz CT molecular complexity index is 1510. The molecule has 216 valence electrons. The number of likely N-dealkylation sites (N-methyl/N-ethyl adjacent to an activating group) is 1. The van der Waals surface area contributed by atoms with Gasteiger partial charge in [0.05, 0.1) is 0 Å². The van der Waals surface area contributed by atoms with Crippen LogP contribution in [0.3, 0.4) is 0 Å². The maximum Gasteiger partial charge on any atom is 0.251 e. The number of piperidine rings is 1. The van der Waals surface area contributed by atoms with Gasteiger partial charge in [0.2, 0.25) is 0 Å². The third-order valence-electron chi connectivity index (χ3n) is 9.55. The molecule has 1 amide bonds. The molecule has 1 aliphatic carbocycles. The number of fused-ring (bicyclic) bond motifs is 3. The summed E-state index contributed by atoms with van der Waals surface area (Å²) in [7, 11) is 4.25. The summed E-state index contributed by atoms with van der Waals surface area (Å²) in [6, 6.07) is 23.4. The Morgan fingerprint density at radius 1 is 0.951 bits per heavy atom. The zero-order chi connectivity index (χ0) is 28.4. The first kappa shape index (κ1) is 27.8. The molecule has 6 nitrogen and oxygen atoms in total. The summed E-state index contributed by atoms with van der Waals surface area (Å²) in [4.78, 5) is 17.8. The van der Waals surface area contributed by atoms with Crippen molar-refractivity contribution in [1.29, 1.82) is 0 Å². The summed E-state index contributed by atoms with van der Waals surface area (Å²) in [6.45, 7) is 6.85. The molecule has 0 radical (unpaired) electrons. The molecule has 1 saturated carbocycles. The van der Waals surface area contributed by atoms with Crippen LogP contribution in [0.25, 0.3) is 21.8 Å². The largest absolute Gasteiger partial charge is 0.490 e. The number of para-hydroxylation sites is 1. The number of hydrogen-bond acceptors (Lipinski definition) is 4. The lowest BCUT2D eigenvalue weighted by Gasteiger charge is -2.36. The highest BCUT2D eigenvalue weighted by Gasteiger charge is 2.36. The molecule has 0 atom stereocenters. The van der Waals surface area contributed by atoms with E-state index >= 15 is 0 Å². The first-order valence-corrected chi connectivity index (χ1v) is 15.4. The molecular weight excluding hydrogens is 508 g/mol. The van der Waals surface area contributed by atoms with Gasteiger partial charge in [0.25, 0.3) is 5.91 Å². The molecule has 2 heterocycles. The Morgan fingerprint density at radius 2 is 1.71 bits per heavy atom. The molecule has 1 aliphatic heterocycles. The minimum absolute atomic E-state index is 0.0163. The van der Waals surface area contributed by atoms with Gasteiger partial charge in [0.1, 0.15) is 11.9 Å². The van der Waals surface area contributed by atoms with Crippen LogP contribution in [0.4, 0.5) is 0 Å². The molecular formula is C35H44N4O2. The molecule has 2 fully saturated rings. The number of nitrogens with one attached hydrogen (secondary N) is 1. The Kier molecular flexibility index (Phi) is 8.05. The number of ether oxygens (including phenoxy) is 1. The van der Waals surface area contributed by atoms with E-state index in [-0.39, 0.29) is 17.6 Å². The van der Waals surface area contributed by atoms with Crippen LogP contribution in [0, 0.1) is 0 Å². The second kappa shape index (κ2) is 11.9. The number of hydrogen-bond donors (Lipinski definition) is 1. The lowest BCUT2D eigenvalue weighted by molar-refractivity contribution is 0.0893. The number of aromatic nitrogens is 1. The Labute approximate surface area is 244 Å². The highest BCUT2D eigenvalue weighted by molar-refractivity contribution is 6.08. The molecule has 6 heteroatoms. The second-order valence-electron chi connectivity index (χ2n) is 12.2. The van der Waals surface area contributed by atoms with Crippen LogP contribution in [0.1, 0.15) is 61.4 Å². The molecule has 3 aromatic carbocycles. The van der Waals surface area contributed by atoms with Crippen LogP contribution >= 0.6 is 0 Å². The standard InChI is InChI=1S/C35H44N4O2/c1-4-39-32-13-6-5-12-30(32)31-22-26(14-15-33(31)39)24-38-20-16-28(17-21-38)41-29-11-9-10-27(23-29)34(40)36-25-35(37(2)3)18-7-8-19-35/h5-6,9-15,22-23,28H,4,7-8,16-21,24-25H2,1-3H3,(H,36,40). The van der Waals surface area contributed by atoms with E-state index in [4.69, 9.17) is 4.74 Å². The van der Waals surface area contributed by atoms with Gasteiger partial charge in [-0.3, -0.25) is 9.69 Å². The Balaban J connectivity index is 1.04. The molecule has 1 N–H and O–H groups in total. The van der Waals surface area contributed by atoms with E-state index in [1.807, 2.05) is 24.3 Å². The van der Waals surface area contributed by atoms with Gasteiger partial charge < -0.3 is 19.5 Å². The maximum atomic E-state index is 13.0. The van der Waals surface area contributed by atoms with Gasteiger partial charge in [0, 0.05) is 65.6 Å². The van der Waals surface area contributed by atoms with E-state index < -0.39 is 0 Å². The molecule has 6 rings (SSSR count). The predicted molar refractivity (Wildman–Crippen MR) is 168 cm³/mol.